The van der Waals surface area contributed by atoms with Gasteiger partial charge in [-0.1, -0.05) is 60.7 Å². The van der Waals surface area contributed by atoms with E-state index >= 15 is 0 Å². The number of aromatic nitrogens is 4. The summed E-state index contributed by atoms with van der Waals surface area (Å²) in [4.78, 5) is 32.6. The quantitative estimate of drug-likeness (QED) is 0.244. The number of benzene rings is 2. The molecule has 0 unspecified atom stereocenters. The maximum atomic E-state index is 12.4. The van der Waals surface area contributed by atoms with Crippen molar-refractivity contribution in [3.63, 3.8) is 0 Å². The highest BCUT2D eigenvalue weighted by atomic mass is 16.6. The molecule has 0 spiro atoms. The predicted molar refractivity (Wildman–Crippen MR) is 129 cm³/mol. The van der Waals surface area contributed by atoms with E-state index in [0.29, 0.717) is 17.9 Å². The fraction of sp³-hybridized carbons (Fsp3) is 0.280. The molecule has 2 heterocycles. The number of carbonyl (C=O) groups is 1. The van der Waals surface area contributed by atoms with E-state index in [4.69, 9.17) is 20.1 Å². The number of fused-ring (bicyclic) bond motifs is 1. The molecule has 10 heteroatoms. The Morgan fingerprint density at radius 2 is 1.54 bits per heavy atom. The summed E-state index contributed by atoms with van der Waals surface area (Å²) in [6.07, 6.45) is 1.03. The maximum absolute atomic E-state index is 12.4. The highest BCUT2D eigenvalue weighted by molar-refractivity contribution is 5.92. The lowest BCUT2D eigenvalue weighted by molar-refractivity contribution is -0.0866. The van der Waals surface area contributed by atoms with Crippen molar-refractivity contribution in [3.8, 4) is 0 Å². The van der Waals surface area contributed by atoms with Crippen LogP contribution in [0.25, 0.3) is 11.2 Å². The molecular weight excluding hydrogens is 450 g/mol. The molecule has 4 aromatic rings. The van der Waals surface area contributed by atoms with Gasteiger partial charge in [0, 0.05) is 6.92 Å². The minimum Gasteiger partial charge on any atom is -0.374 e. The summed E-state index contributed by atoms with van der Waals surface area (Å²) < 4.78 is 20.0. The number of hydrogen-bond acceptors (Lipinski definition) is 8. The second kappa shape index (κ2) is 11.5. The second-order valence-electron chi connectivity index (χ2n) is 7.97. The molecule has 0 aliphatic carbocycles. The van der Waals surface area contributed by atoms with Crippen molar-refractivity contribution in [1.82, 2.24) is 19.2 Å². The van der Waals surface area contributed by atoms with E-state index in [0.717, 1.165) is 11.1 Å². The summed E-state index contributed by atoms with van der Waals surface area (Å²) >= 11 is 0. The third-order valence-electron chi connectivity index (χ3n) is 5.27. The molecule has 2 aromatic heterocycles. The Balaban J connectivity index is 1.43. The van der Waals surface area contributed by atoms with Crippen LogP contribution in [-0.2, 0) is 34.2 Å². The summed E-state index contributed by atoms with van der Waals surface area (Å²) in [5.41, 5.74) is 1.77. The van der Waals surface area contributed by atoms with E-state index < -0.39 is 17.4 Å². The number of carbonyl (C=O) groups excluding carboxylic acids is 1. The van der Waals surface area contributed by atoms with Gasteiger partial charge in [0.25, 0.3) is 5.56 Å². The van der Waals surface area contributed by atoms with Crippen molar-refractivity contribution in [3.05, 3.63) is 94.3 Å². The Labute approximate surface area is 201 Å². The van der Waals surface area contributed by atoms with Crippen LogP contribution in [0.5, 0.6) is 0 Å². The first-order valence-corrected chi connectivity index (χ1v) is 11.1. The van der Waals surface area contributed by atoms with Crippen LogP contribution < -0.4 is 11.4 Å². The zero-order valence-corrected chi connectivity index (χ0v) is 19.4. The molecular formula is C25H27N5O5. The monoisotopic (exact) mass is 477 g/mol. The van der Waals surface area contributed by atoms with Crippen LogP contribution in [-0.4, -0.2) is 44.3 Å². The van der Waals surface area contributed by atoms with Crippen molar-refractivity contribution < 1.29 is 19.0 Å². The van der Waals surface area contributed by atoms with Gasteiger partial charge in [-0.05, 0) is 11.1 Å². The first-order chi connectivity index (χ1) is 17.0. The number of Topliss-reactive ketones (excluding diaryl/α,β-unsaturated/α-hetero) is 1. The first-order valence-electron chi connectivity index (χ1n) is 11.1. The number of nitrogens with zero attached hydrogens (tertiary/aromatic N) is 4. The van der Waals surface area contributed by atoms with Gasteiger partial charge in [-0.15, -0.1) is 0 Å². The van der Waals surface area contributed by atoms with Crippen LogP contribution in [0.2, 0.25) is 0 Å². The second-order valence-corrected chi connectivity index (χ2v) is 7.97. The highest BCUT2D eigenvalue weighted by Gasteiger charge is 2.18. The largest absolute Gasteiger partial charge is 0.374 e. The zero-order valence-electron chi connectivity index (χ0n) is 19.4. The number of imidazole rings is 1. The van der Waals surface area contributed by atoms with E-state index in [-0.39, 0.29) is 36.9 Å². The fourth-order valence-electron chi connectivity index (χ4n) is 3.45. The number of rotatable bonds is 12. The van der Waals surface area contributed by atoms with Gasteiger partial charge < -0.3 is 20.1 Å². The van der Waals surface area contributed by atoms with Crippen LogP contribution in [0, 0.1) is 0 Å². The van der Waals surface area contributed by atoms with Gasteiger partial charge in [-0.2, -0.15) is 0 Å². The van der Waals surface area contributed by atoms with Gasteiger partial charge in [0.15, 0.2) is 22.8 Å². The van der Waals surface area contributed by atoms with Gasteiger partial charge >= 0.3 is 0 Å². The normalized spacial score (nSPS) is 11.4. The Kier molecular flexibility index (Phi) is 7.99. The summed E-state index contributed by atoms with van der Waals surface area (Å²) in [7, 11) is 0. The van der Waals surface area contributed by atoms with Crippen LogP contribution in [0.15, 0.2) is 71.8 Å². The number of hydrogen-bond donors (Lipinski definition) is 1. The lowest BCUT2D eigenvalue weighted by atomic mass is 10.2. The van der Waals surface area contributed by atoms with Crippen molar-refractivity contribution >= 4 is 16.9 Å². The van der Waals surface area contributed by atoms with Crippen molar-refractivity contribution in [2.24, 2.45) is 0 Å². The summed E-state index contributed by atoms with van der Waals surface area (Å²) in [5.74, 6) is 5.11. The average Bonchev–Trinajstić information content (AvgIpc) is 3.28. The van der Waals surface area contributed by atoms with E-state index in [1.54, 1.807) is 4.57 Å². The maximum Gasteiger partial charge on any atom is 0.300 e. The molecule has 4 rings (SSSR count). The van der Waals surface area contributed by atoms with Gasteiger partial charge in [-0.3, -0.25) is 14.2 Å². The number of nitrogen functional groups attached to an aromatic ring is 1. The molecule has 35 heavy (non-hydrogen) atoms. The smallest absolute Gasteiger partial charge is 0.300 e. The number of ketones is 1. The molecule has 2 N–H and O–H groups in total. The van der Waals surface area contributed by atoms with Crippen molar-refractivity contribution in [1.29, 1.82) is 0 Å². The highest BCUT2D eigenvalue weighted by Crippen LogP contribution is 2.10. The Bertz CT molecular complexity index is 1280. The molecule has 0 saturated heterocycles. The van der Waals surface area contributed by atoms with Gasteiger partial charge in [-0.25, -0.2) is 14.6 Å². The molecule has 0 aliphatic heterocycles. The summed E-state index contributed by atoms with van der Waals surface area (Å²) in [5, 5.41) is 0. The van der Waals surface area contributed by atoms with Gasteiger partial charge in [0.1, 0.15) is 12.8 Å². The number of nitrogens with two attached hydrogens (primary N) is 1. The molecule has 0 fully saturated rings. The minimum atomic E-state index is -0.604. The van der Waals surface area contributed by atoms with E-state index in [1.807, 2.05) is 60.7 Å². The number of ether oxygens (including phenoxy) is 3. The zero-order chi connectivity index (χ0) is 24.6. The van der Waals surface area contributed by atoms with Crippen molar-refractivity contribution in [2.75, 3.05) is 19.1 Å². The van der Waals surface area contributed by atoms with Crippen LogP contribution in [0.1, 0.15) is 28.7 Å². The lowest BCUT2D eigenvalue weighted by Gasteiger charge is -2.19. The van der Waals surface area contributed by atoms with Crippen molar-refractivity contribution in [2.45, 2.75) is 33.0 Å². The van der Waals surface area contributed by atoms with Crippen LogP contribution >= 0.6 is 0 Å². The molecule has 182 valence electrons. The molecule has 0 aliphatic rings. The molecule has 2 aromatic carbocycles. The molecule has 0 amide bonds. The summed E-state index contributed by atoms with van der Waals surface area (Å²) in [6.45, 7) is 2.78. The summed E-state index contributed by atoms with van der Waals surface area (Å²) in [6, 6.07) is 19.7. The Morgan fingerprint density at radius 3 is 2.09 bits per heavy atom. The standard InChI is InChI=1S/C25H27N5O5/c1-18(31)23-28-24-22(25(32)30(23)26)27-16-29(24)17-35-21(14-33-12-19-8-4-2-5-9-19)15-34-13-20-10-6-3-7-11-20/h2-11,16,21H,12-15,17,26H2,1H3. The topological polar surface area (TPSA) is 123 Å². The molecule has 0 bridgehead atoms. The molecule has 0 atom stereocenters. The van der Waals surface area contributed by atoms with Gasteiger partial charge in [0.2, 0.25) is 0 Å². The van der Waals surface area contributed by atoms with E-state index in [2.05, 4.69) is 9.97 Å². The van der Waals surface area contributed by atoms with Crippen LogP contribution in [0.4, 0.5) is 0 Å². The minimum absolute atomic E-state index is 0.0307. The molecule has 10 nitrogen and oxygen atoms in total. The third-order valence-corrected chi connectivity index (χ3v) is 5.27. The predicted octanol–water partition coefficient (Wildman–Crippen LogP) is 2.29. The lowest BCUT2D eigenvalue weighted by Crippen LogP contribution is -2.33. The van der Waals surface area contributed by atoms with E-state index in [1.165, 1.54) is 13.3 Å². The fourth-order valence-corrected chi connectivity index (χ4v) is 3.45. The van der Waals surface area contributed by atoms with E-state index in [9.17, 15) is 9.59 Å². The van der Waals surface area contributed by atoms with Crippen LogP contribution in [0.3, 0.4) is 0 Å². The Morgan fingerprint density at radius 1 is 0.971 bits per heavy atom. The SMILES string of the molecule is CC(=O)c1nc2c(ncn2COC(COCc2ccccc2)COCc2ccccc2)c(=O)n1N. The average molecular weight is 478 g/mol. The molecule has 0 radical (unpaired) electrons. The van der Waals surface area contributed by atoms with Gasteiger partial charge in [0.05, 0.1) is 32.8 Å². The molecule has 0 saturated carbocycles. The third kappa shape index (κ3) is 6.18. The Hall–Kier alpha value is -3.86. The first kappa shape index (κ1) is 24.3.